The van der Waals surface area contributed by atoms with Crippen molar-refractivity contribution in [1.82, 2.24) is 15.1 Å². The lowest BCUT2D eigenvalue weighted by Crippen LogP contribution is -2.25. The van der Waals surface area contributed by atoms with Gasteiger partial charge in [-0.25, -0.2) is 0 Å². The highest BCUT2D eigenvalue weighted by Gasteiger charge is 2.10. The van der Waals surface area contributed by atoms with Gasteiger partial charge < -0.3 is 5.32 Å². The monoisotopic (exact) mass is 247 g/mol. The summed E-state index contributed by atoms with van der Waals surface area (Å²) in [5, 5.41) is 8.05. The van der Waals surface area contributed by atoms with Gasteiger partial charge in [-0.05, 0) is 39.3 Å². The average Bonchev–Trinajstić information content (AvgIpc) is 2.56. The molecule has 0 spiro atoms. The summed E-state index contributed by atoms with van der Waals surface area (Å²) in [4.78, 5) is 0. The maximum atomic E-state index is 4.60. The Morgan fingerprint density at radius 3 is 2.67 bits per heavy atom. The Labute approximate surface area is 111 Å². The van der Waals surface area contributed by atoms with E-state index in [4.69, 9.17) is 0 Å². The number of nitrogens with zero attached hydrogens (tertiary/aromatic N) is 2. The Kier molecular flexibility index (Phi) is 5.94. The second-order valence-corrected chi connectivity index (χ2v) is 4.91. The zero-order chi connectivity index (χ0) is 13.5. The lowest BCUT2D eigenvalue weighted by Gasteiger charge is -2.08. The number of aromatic nitrogens is 2. The maximum Gasteiger partial charge on any atom is 0.0628 e. The maximum absolute atomic E-state index is 4.60. The zero-order valence-electron chi connectivity index (χ0n) is 12.3. The summed E-state index contributed by atoms with van der Waals surface area (Å²) in [6.07, 6.45) is 1.93. The van der Waals surface area contributed by atoms with Gasteiger partial charge in [-0.15, -0.1) is 11.8 Å². The number of hydrogen-bond acceptors (Lipinski definition) is 2. The molecule has 0 saturated carbocycles. The van der Waals surface area contributed by atoms with Gasteiger partial charge in [0.1, 0.15) is 0 Å². The van der Waals surface area contributed by atoms with Crippen molar-refractivity contribution < 1.29 is 0 Å². The molecule has 0 aliphatic heterocycles. The number of hydrogen-bond donors (Lipinski definition) is 1. The van der Waals surface area contributed by atoms with Crippen molar-refractivity contribution in [3.05, 3.63) is 17.0 Å². The normalized spacial score (nSPS) is 10.6. The van der Waals surface area contributed by atoms with Gasteiger partial charge in [0.2, 0.25) is 0 Å². The average molecular weight is 247 g/mol. The SMILES string of the molecule is CC#CCCn1nc(C)c(CCNC(C)C)c1C. The minimum atomic E-state index is 0.542. The first-order valence-electron chi connectivity index (χ1n) is 6.72. The molecule has 18 heavy (non-hydrogen) atoms. The van der Waals surface area contributed by atoms with E-state index in [1.165, 1.54) is 11.3 Å². The van der Waals surface area contributed by atoms with Crippen LogP contribution in [0.5, 0.6) is 0 Å². The van der Waals surface area contributed by atoms with E-state index in [-0.39, 0.29) is 0 Å². The van der Waals surface area contributed by atoms with E-state index in [9.17, 15) is 0 Å². The largest absolute Gasteiger partial charge is 0.314 e. The molecule has 0 fully saturated rings. The number of nitrogens with one attached hydrogen (secondary N) is 1. The highest BCUT2D eigenvalue weighted by molar-refractivity contribution is 5.25. The van der Waals surface area contributed by atoms with Crippen LogP contribution in [0, 0.1) is 25.7 Å². The van der Waals surface area contributed by atoms with E-state index < -0.39 is 0 Å². The summed E-state index contributed by atoms with van der Waals surface area (Å²) in [6.45, 7) is 12.4. The quantitative estimate of drug-likeness (QED) is 0.783. The summed E-state index contributed by atoms with van der Waals surface area (Å²) in [7, 11) is 0. The van der Waals surface area contributed by atoms with Gasteiger partial charge in [0, 0.05) is 18.2 Å². The topological polar surface area (TPSA) is 29.9 Å². The molecule has 0 aromatic carbocycles. The molecule has 3 nitrogen and oxygen atoms in total. The van der Waals surface area contributed by atoms with E-state index in [1.807, 2.05) is 6.92 Å². The molecule has 1 N–H and O–H groups in total. The first kappa shape index (κ1) is 14.8. The highest BCUT2D eigenvalue weighted by atomic mass is 15.3. The van der Waals surface area contributed by atoms with Crippen LogP contribution in [0.1, 0.15) is 44.1 Å². The van der Waals surface area contributed by atoms with Crippen LogP contribution < -0.4 is 5.32 Å². The third kappa shape index (κ3) is 4.19. The van der Waals surface area contributed by atoms with Gasteiger partial charge >= 0.3 is 0 Å². The Hall–Kier alpha value is -1.27. The Bertz CT molecular complexity index is 433. The van der Waals surface area contributed by atoms with Crippen LogP contribution >= 0.6 is 0 Å². The molecule has 0 atom stereocenters. The fourth-order valence-electron chi connectivity index (χ4n) is 2.09. The molecular weight excluding hydrogens is 222 g/mol. The fraction of sp³-hybridized carbons (Fsp3) is 0.667. The molecule has 1 rings (SSSR count). The second kappa shape index (κ2) is 7.23. The highest BCUT2D eigenvalue weighted by Crippen LogP contribution is 2.13. The van der Waals surface area contributed by atoms with Crippen LogP contribution in [0.2, 0.25) is 0 Å². The van der Waals surface area contributed by atoms with Crippen molar-refractivity contribution >= 4 is 0 Å². The van der Waals surface area contributed by atoms with Crippen molar-refractivity contribution in [2.75, 3.05) is 6.54 Å². The fourth-order valence-corrected chi connectivity index (χ4v) is 2.09. The van der Waals surface area contributed by atoms with Crippen molar-refractivity contribution in [2.45, 2.75) is 60.0 Å². The molecule has 0 unspecified atom stereocenters. The summed E-state index contributed by atoms with van der Waals surface area (Å²) in [5.41, 5.74) is 3.83. The molecular formula is C15H25N3. The summed E-state index contributed by atoms with van der Waals surface area (Å²) in [6, 6.07) is 0.542. The predicted molar refractivity (Wildman–Crippen MR) is 76.6 cm³/mol. The van der Waals surface area contributed by atoms with Gasteiger partial charge in [-0.3, -0.25) is 4.68 Å². The third-order valence-electron chi connectivity index (χ3n) is 3.08. The zero-order valence-corrected chi connectivity index (χ0v) is 12.3. The van der Waals surface area contributed by atoms with Crippen LogP contribution in [-0.4, -0.2) is 22.4 Å². The van der Waals surface area contributed by atoms with Crippen molar-refractivity contribution in [1.29, 1.82) is 0 Å². The van der Waals surface area contributed by atoms with Crippen LogP contribution in [0.4, 0.5) is 0 Å². The van der Waals surface area contributed by atoms with Crippen molar-refractivity contribution in [3.8, 4) is 11.8 Å². The van der Waals surface area contributed by atoms with Crippen molar-refractivity contribution in [3.63, 3.8) is 0 Å². The van der Waals surface area contributed by atoms with E-state index in [0.717, 1.165) is 31.6 Å². The molecule has 100 valence electrons. The molecule has 0 saturated heterocycles. The second-order valence-electron chi connectivity index (χ2n) is 4.91. The molecule has 0 amide bonds. The molecule has 0 aliphatic rings. The van der Waals surface area contributed by atoms with Gasteiger partial charge in [0.25, 0.3) is 0 Å². The minimum absolute atomic E-state index is 0.542. The molecule has 1 heterocycles. The van der Waals surface area contributed by atoms with Crippen molar-refractivity contribution in [2.24, 2.45) is 0 Å². The van der Waals surface area contributed by atoms with E-state index in [1.54, 1.807) is 0 Å². The van der Waals surface area contributed by atoms with E-state index >= 15 is 0 Å². The van der Waals surface area contributed by atoms with Gasteiger partial charge in [0.05, 0.1) is 12.2 Å². The van der Waals surface area contributed by atoms with Crippen LogP contribution in [0.3, 0.4) is 0 Å². The molecule has 1 aromatic rings. The predicted octanol–water partition coefficient (Wildman–Crippen LogP) is 2.45. The molecule has 0 bridgehead atoms. The smallest absolute Gasteiger partial charge is 0.0628 e. The van der Waals surface area contributed by atoms with Gasteiger partial charge in [-0.1, -0.05) is 13.8 Å². The molecule has 3 heteroatoms. The Morgan fingerprint density at radius 1 is 1.33 bits per heavy atom. The number of aryl methyl sites for hydroxylation is 2. The van der Waals surface area contributed by atoms with Crippen LogP contribution in [0.25, 0.3) is 0 Å². The van der Waals surface area contributed by atoms with Gasteiger partial charge in [0.15, 0.2) is 0 Å². The summed E-state index contributed by atoms with van der Waals surface area (Å²) < 4.78 is 2.09. The molecule has 1 aromatic heterocycles. The first-order chi connectivity index (χ1) is 8.56. The van der Waals surface area contributed by atoms with Gasteiger partial charge in [-0.2, -0.15) is 5.10 Å². The van der Waals surface area contributed by atoms with E-state index in [0.29, 0.717) is 6.04 Å². The Morgan fingerprint density at radius 2 is 2.06 bits per heavy atom. The third-order valence-corrected chi connectivity index (χ3v) is 3.08. The van der Waals surface area contributed by atoms with E-state index in [2.05, 4.69) is 54.6 Å². The van der Waals surface area contributed by atoms with Crippen LogP contribution in [0.15, 0.2) is 0 Å². The number of rotatable bonds is 6. The van der Waals surface area contributed by atoms with Crippen LogP contribution in [-0.2, 0) is 13.0 Å². The molecule has 0 radical (unpaired) electrons. The minimum Gasteiger partial charge on any atom is -0.314 e. The summed E-state index contributed by atoms with van der Waals surface area (Å²) >= 11 is 0. The first-order valence-corrected chi connectivity index (χ1v) is 6.72. The molecule has 0 aliphatic carbocycles. The lowest BCUT2D eigenvalue weighted by molar-refractivity contribution is 0.586. The lowest BCUT2D eigenvalue weighted by atomic mass is 10.1. The standard InChI is InChI=1S/C15H25N3/c1-6-7-8-11-18-14(5)15(13(4)17-18)9-10-16-12(2)3/h12,16H,8-11H2,1-5H3. The Balaban J connectivity index is 2.64. The summed E-state index contributed by atoms with van der Waals surface area (Å²) in [5.74, 6) is 6.01.